The Morgan fingerprint density at radius 2 is 2.11 bits per heavy atom. The molecule has 0 bridgehead atoms. The van der Waals surface area contributed by atoms with Crippen LogP contribution in [0.15, 0.2) is 36.7 Å². The fourth-order valence-electron chi connectivity index (χ4n) is 3.88. The van der Waals surface area contributed by atoms with Crippen LogP contribution in [-0.4, -0.2) is 42.5 Å². The minimum Gasteiger partial charge on any atom is -0.316 e. The van der Waals surface area contributed by atoms with Crippen LogP contribution in [-0.2, 0) is 20.1 Å². The Hall–Kier alpha value is -2.54. The van der Waals surface area contributed by atoms with Crippen LogP contribution in [0.4, 0.5) is 4.39 Å². The second-order valence-electron chi connectivity index (χ2n) is 7.39. The van der Waals surface area contributed by atoms with Gasteiger partial charge < -0.3 is 4.57 Å². The molecule has 1 saturated heterocycles. The van der Waals surface area contributed by atoms with E-state index < -0.39 is 0 Å². The molecule has 1 aromatic carbocycles. The molecule has 0 aliphatic carbocycles. The Kier molecular flexibility index (Phi) is 5.03. The number of halogens is 1. The highest BCUT2D eigenvalue weighted by atomic mass is 19.1. The van der Waals surface area contributed by atoms with Crippen molar-refractivity contribution >= 4 is 0 Å². The van der Waals surface area contributed by atoms with Crippen LogP contribution < -0.4 is 0 Å². The Labute approximate surface area is 158 Å². The van der Waals surface area contributed by atoms with Gasteiger partial charge in [-0.1, -0.05) is 12.1 Å². The predicted molar refractivity (Wildman–Crippen MR) is 101 cm³/mol. The van der Waals surface area contributed by atoms with Crippen molar-refractivity contribution in [3.63, 3.8) is 0 Å². The molecule has 2 aromatic heterocycles. The van der Waals surface area contributed by atoms with Gasteiger partial charge in [-0.05, 0) is 49.6 Å². The lowest BCUT2D eigenvalue weighted by atomic mass is 9.96. The van der Waals surface area contributed by atoms with Gasteiger partial charge in [-0.15, -0.1) is 10.2 Å². The van der Waals surface area contributed by atoms with Crippen molar-refractivity contribution in [2.45, 2.75) is 38.8 Å². The summed E-state index contributed by atoms with van der Waals surface area (Å²) in [6, 6.07) is 7.31. The summed E-state index contributed by atoms with van der Waals surface area (Å²) in [6.07, 6.45) is 5.95. The molecule has 142 valence electrons. The number of benzene rings is 1. The van der Waals surface area contributed by atoms with E-state index in [1.165, 1.54) is 0 Å². The number of likely N-dealkylation sites (tertiary alicyclic amines) is 1. The first-order chi connectivity index (χ1) is 13.1. The summed E-state index contributed by atoms with van der Waals surface area (Å²) in [4.78, 5) is 2.43. The van der Waals surface area contributed by atoms with Gasteiger partial charge in [0.25, 0.3) is 0 Å². The van der Waals surface area contributed by atoms with Crippen molar-refractivity contribution in [2.75, 3.05) is 13.1 Å². The second kappa shape index (κ2) is 7.60. The zero-order chi connectivity index (χ0) is 18.8. The maximum Gasteiger partial charge on any atom is 0.154 e. The summed E-state index contributed by atoms with van der Waals surface area (Å²) in [5.41, 5.74) is 1.87. The van der Waals surface area contributed by atoms with Crippen LogP contribution in [0.2, 0.25) is 0 Å². The van der Waals surface area contributed by atoms with E-state index in [1.807, 2.05) is 43.0 Å². The molecule has 6 nitrogen and oxygen atoms in total. The normalized spacial score (nSPS) is 18.1. The van der Waals surface area contributed by atoms with E-state index in [2.05, 4.69) is 24.8 Å². The number of hydrogen-bond donors (Lipinski definition) is 0. The minimum absolute atomic E-state index is 0.140. The minimum atomic E-state index is -0.140. The van der Waals surface area contributed by atoms with E-state index in [0.29, 0.717) is 18.0 Å². The Morgan fingerprint density at radius 1 is 1.22 bits per heavy atom. The standard InChI is InChI=1S/C20H25FN6/c1-15-11-16(6-7-18(15)21)12-26-9-3-5-17(13-26)20-24-23-19(25(20)2)14-27-10-4-8-22-27/h4,6-8,10-11,17H,3,5,9,12-14H2,1-2H3/t17-/m1/s1. The number of hydrogen-bond acceptors (Lipinski definition) is 4. The molecule has 4 rings (SSSR count). The molecule has 0 amide bonds. The van der Waals surface area contributed by atoms with Gasteiger partial charge in [0.1, 0.15) is 18.2 Å². The van der Waals surface area contributed by atoms with E-state index in [9.17, 15) is 4.39 Å². The van der Waals surface area contributed by atoms with Crippen molar-refractivity contribution in [2.24, 2.45) is 7.05 Å². The van der Waals surface area contributed by atoms with Crippen molar-refractivity contribution in [3.05, 3.63) is 65.3 Å². The van der Waals surface area contributed by atoms with Crippen molar-refractivity contribution < 1.29 is 4.39 Å². The molecule has 0 unspecified atom stereocenters. The van der Waals surface area contributed by atoms with E-state index in [4.69, 9.17) is 0 Å². The number of aromatic nitrogens is 5. The van der Waals surface area contributed by atoms with Crippen LogP contribution in [0.5, 0.6) is 0 Å². The van der Waals surface area contributed by atoms with Gasteiger partial charge >= 0.3 is 0 Å². The predicted octanol–water partition coefficient (Wildman–Crippen LogP) is 2.89. The highest BCUT2D eigenvalue weighted by Crippen LogP contribution is 2.27. The summed E-state index contributed by atoms with van der Waals surface area (Å²) < 4.78 is 17.5. The summed E-state index contributed by atoms with van der Waals surface area (Å²) in [5, 5.41) is 13.1. The number of aryl methyl sites for hydroxylation is 1. The zero-order valence-corrected chi connectivity index (χ0v) is 15.8. The maximum absolute atomic E-state index is 13.5. The molecule has 7 heteroatoms. The average molecular weight is 368 g/mol. The third-order valence-electron chi connectivity index (χ3n) is 5.36. The third-order valence-corrected chi connectivity index (χ3v) is 5.36. The Balaban J connectivity index is 1.45. The summed E-state index contributed by atoms with van der Waals surface area (Å²) in [5.74, 6) is 2.18. The van der Waals surface area contributed by atoms with Gasteiger partial charge in [-0.3, -0.25) is 9.58 Å². The summed E-state index contributed by atoms with van der Waals surface area (Å²) in [7, 11) is 2.04. The molecular formula is C20H25FN6. The second-order valence-corrected chi connectivity index (χ2v) is 7.39. The first-order valence-electron chi connectivity index (χ1n) is 9.43. The highest BCUT2D eigenvalue weighted by Gasteiger charge is 2.26. The monoisotopic (exact) mass is 368 g/mol. The van der Waals surface area contributed by atoms with Crippen molar-refractivity contribution in [1.82, 2.24) is 29.4 Å². The van der Waals surface area contributed by atoms with Crippen LogP contribution in [0.3, 0.4) is 0 Å². The lowest BCUT2D eigenvalue weighted by Crippen LogP contribution is -2.35. The largest absolute Gasteiger partial charge is 0.316 e. The molecule has 1 atom stereocenters. The topological polar surface area (TPSA) is 51.8 Å². The molecule has 1 aliphatic rings. The van der Waals surface area contributed by atoms with Gasteiger partial charge in [0.15, 0.2) is 5.82 Å². The average Bonchev–Trinajstić information content (AvgIpc) is 3.29. The van der Waals surface area contributed by atoms with Crippen molar-refractivity contribution in [3.8, 4) is 0 Å². The molecule has 27 heavy (non-hydrogen) atoms. The molecule has 0 saturated carbocycles. The number of piperidine rings is 1. The first kappa shape index (κ1) is 17.9. The first-order valence-corrected chi connectivity index (χ1v) is 9.43. The molecule has 3 aromatic rings. The third kappa shape index (κ3) is 3.93. The lowest BCUT2D eigenvalue weighted by Gasteiger charge is -2.32. The van der Waals surface area contributed by atoms with Crippen LogP contribution >= 0.6 is 0 Å². The fraction of sp³-hybridized carbons (Fsp3) is 0.450. The van der Waals surface area contributed by atoms with Crippen molar-refractivity contribution in [1.29, 1.82) is 0 Å². The van der Waals surface area contributed by atoms with Crippen LogP contribution in [0.1, 0.15) is 41.5 Å². The Morgan fingerprint density at radius 3 is 2.89 bits per heavy atom. The SMILES string of the molecule is Cc1cc(CN2CCC[C@@H](c3nnc(Cn4cccn4)n3C)C2)ccc1F. The smallest absolute Gasteiger partial charge is 0.154 e. The molecular weight excluding hydrogens is 343 g/mol. The lowest BCUT2D eigenvalue weighted by molar-refractivity contribution is 0.195. The number of rotatable bonds is 5. The van der Waals surface area contributed by atoms with Gasteiger partial charge in [-0.2, -0.15) is 5.10 Å². The Bertz CT molecular complexity index is 901. The molecule has 1 aliphatic heterocycles. The van der Waals surface area contributed by atoms with Crippen LogP contribution in [0, 0.1) is 12.7 Å². The zero-order valence-electron chi connectivity index (χ0n) is 15.8. The molecule has 0 spiro atoms. The highest BCUT2D eigenvalue weighted by molar-refractivity contribution is 5.24. The summed E-state index contributed by atoms with van der Waals surface area (Å²) >= 11 is 0. The van der Waals surface area contributed by atoms with E-state index in [-0.39, 0.29) is 5.82 Å². The molecule has 0 N–H and O–H groups in total. The molecule has 0 radical (unpaired) electrons. The van der Waals surface area contributed by atoms with Gasteiger partial charge in [0, 0.05) is 38.4 Å². The molecule has 1 fully saturated rings. The van der Waals surface area contributed by atoms with Gasteiger partial charge in [0.05, 0.1) is 0 Å². The van der Waals surface area contributed by atoms with E-state index in [1.54, 1.807) is 12.3 Å². The van der Waals surface area contributed by atoms with Gasteiger partial charge in [0.2, 0.25) is 0 Å². The van der Waals surface area contributed by atoms with Gasteiger partial charge in [-0.25, -0.2) is 4.39 Å². The fourth-order valence-corrected chi connectivity index (χ4v) is 3.88. The quantitative estimate of drug-likeness (QED) is 0.695. The number of nitrogens with zero attached hydrogens (tertiary/aromatic N) is 6. The van der Waals surface area contributed by atoms with Crippen LogP contribution in [0.25, 0.3) is 0 Å². The van der Waals surface area contributed by atoms with E-state index >= 15 is 0 Å². The molecule has 3 heterocycles. The maximum atomic E-state index is 13.5. The van der Waals surface area contributed by atoms with E-state index in [0.717, 1.165) is 49.7 Å². The summed E-state index contributed by atoms with van der Waals surface area (Å²) in [6.45, 7) is 5.30.